The summed E-state index contributed by atoms with van der Waals surface area (Å²) in [7, 11) is 0. The van der Waals surface area contributed by atoms with Crippen molar-refractivity contribution in [1.29, 1.82) is 0 Å². The zero-order valence-corrected chi connectivity index (χ0v) is 12.6. The van der Waals surface area contributed by atoms with Crippen LogP contribution in [-0.2, 0) is 17.8 Å². The monoisotopic (exact) mass is 336 g/mol. The molecule has 0 aliphatic heterocycles. The number of nitrogens with zero attached hydrogens (tertiary/aromatic N) is 2. The van der Waals surface area contributed by atoms with Gasteiger partial charge in [0, 0.05) is 31.4 Å². The van der Waals surface area contributed by atoms with Crippen molar-refractivity contribution in [2.24, 2.45) is 5.73 Å². The minimum absolute atomic E-state index is 0.0540. The lowest BCUT2D eigenvalue weighted by Gasteiger charge is -2.06. The van der Waals surface area contributed by atoms with Crippen LogP contribution >= 0.6 is 15.9 Å². The number of rotatable bonds is 6. The van der Waals surface area contributed by atoms with E-state index < -0.39 is 0 Å². The number of aromatic nitrogens is 2. The lowest BCUT2D eigenvalue weighted by molar-refractivity contribution is -0.116. The summed E-state index contributed by atoms with van der Waals surface area (Å²) in [6.07, 6.45) is 4.96. The standard InChI is InChI=1S/C14H17BrN4O/c15-12-9-17-19(10-12)8-6-11-1-3-13(4-2-11)18-14(20)5-7-16/h1-4,9-10H,5-8,16H2,(H,18,20). The number of anilines is 1. The summed E-state index contributed by atoms with van der Waals surface area (Å²) < 4.78 is 2.87. The second-order valence-corrected chi connectivity index (χ2v) is 5.37. The number of hydrogen-bond acceptors (Lipinski definition) is 3. The fraction of sp³-hybridized carbons (Fsp3) is 0.286. The molecule has 1 aromatic heterocycles. The van der Waals surface area contributed by atoms with E-state index >= 15 is 0 Å². The number of benzene rings is 1. The molecule has 3 N–H and O–H groups in total. The molecular formula is C14H17BrN4O. The number of carbonyl (C=O) groups excluding carboxylic acids is 1. The molecule has 0 spiro atoms. The third-order valence-corrected chi connectivity index (χ3v) is 3.25. The van der Waals surface area contributed by atoms with Gasteiger partial charge in [-0.1, -0.05) is 12.1 Å². The van der Waals surface area contributed by atoms with E-state index in [2.05, 4.69) is 26.3 Å². The Kier molecular flexibility index (Phi) is 5.31. The average Bonchev–Trinajstić information content (AvgIpc) is 2.84. The molecule has 1 aromatic carbocycles. The third kappa shape index (κ3) is 4.47. The number of nitrogens with two attached hydrogens (primary N) is 1. The summed E-state index contributed by atoms with van der Waals surface area (Å²) in [4.78, 5) is 11.4. The van der Waals surface area contributed by atoms with E-state index in [0.717, 1.165) is 23.1 Å². The fourth-order valence-corrected chi connectivity index (χ4v) is 2.14. The fourth-order valence-electron chi connectivity index (χ4n) is 1.81. The summed E-state index contributed by atoms with van der Waals surface area (Å²) in [6.45, 7) is 1.19. The molecule has 0 aliphatic rings. The summed E-state index contributed by atoms with van der Waals surface area (Å²) in [5.74, 6) is -0.0540. The highest BCUT2D eigenvalue weighted by atomic mass is 79.9. The molecule has 0 unspecified atom stereocenters. The summed E-state index contributed by atoms with van der Waals surface area (Å²) >= 11 is 3.37. The van der Waals surface area contributed by atoms with E-state index in [1.165, 1.54) is 5.56 Å². The first kappa shape index (κ1) is 14.7. The van der Waals surface area contributed by atoms with Crippen molar-refractivity contribution in [2.75, 3.05) is 11.9 Å². The zero-order valence-electron chi connectivity index (χ0n) is 11.1. The van der Waals surface area contributed by atoms with Crippen LogP contribution in [0.4, 0.5) is 5.69 Å². The van der Waals surface area contributed by atoms with Gasteiger partial charge in [-0.25, -0.2) is 0 Å². The number of nitrogens with one attached hydrogen (secondary N) is 1. The molecule has 0 saturated carbocycles. The van der Waals surface area contributed by atoms with Gasteiger partial charge in [-0.05, 0) is 40.0 Å². The Morgan fingerprint density at radius 3 is 2.70 bits per heavy atom. The summed E-state index contributed by atoms with van der Waals surface area (Å²) in [5.41, 5.74) is 7.33. The largest absolute Gasteiger partial charge is 0.330 e. The van der Waals surface area contributed by atoms with Gasteiger partial charge in [0.1, 0.15) is 0 Å². The predicted octanol–water partition coefficient (Wildman–Crippen LogP) is 2.18. The van der Waals surface area contributed by atoms with Crippen LogP contribution in [0.25, 0.3) is 0 Å². The topological polar surface area (TPSA) is 72.9 Å². The van der Waals surface area contributed by atoms with E-state index in [1.807, 2.05) is 35.1 Å². The Labute approximate surface area is 126 Å². The highest BCUT2D eigenvalue weighted by Crippen LogP contribution is 2.12. The lowest BCUT2D eigenvalue weighted by Crippen LogP contribution is -2.16. The highest BCUT2D eigenvalue weighted by Gasteiger charge is 2.01. The van der Waals surface area contributed by atoms with Crippen molar-refractivity contribution in [3.63, 3.8) is 0 Å². The van der Waals surface area contributed by atoms with Crippen molar-refractivity contribution < 1.29 is 4.79 Å². The average molecular weight is 337 g/mol. The van der Waals surface area contributed by atoms with E-state index in [4.69, 9.17) is 5.73 Å². The van der Waals surface area contributed by atoms with E-state index in [-0.39, 0.29) is 5.91 Å². The van der Waals surface area contributed by atoms with Crippen LogP contribution in [0.2, 0.25) is 0 Å². The maximum Gasteiger partial charge on any atom is 0.225 e. The molecule has 1 amide bonds. The Hall–Kier alpha value is -1.66. The predicted molar refractivity (Wildman–Crippen MR) is 82.4 cm³/mol. The van der Waals surface area contributed by atoms with Crippen LogP contribution in [-0.4, -0.2) is 22.2 Å². The molecular weight excluding hydrogens is 320 g/mol. The van der Waals surface area contributed by atoms with Crippen LogP contribution in [0.15, 0.2) is 41.1 Å². The SMILES string of the molecule is NCCC(=O)Nc1ccc(CCn2cc(Br)cn2)cc1. The van der Waals surface area contributed by atoms with Crippen molar-refractivity contribution in [2.45, 2.75) is 19.4 Å². The van der Waals surface area contributed by atoms with E-state index in [0.29, 0.717) is 13.0 Å². The van der Waals surface area contributed by atoms with Crippen LogP contribution in [0.3, 0.4) is 0 Å². The van der Waals surface area contributed by atoms with Crippen molar-refractivity contribution in [3.05, 3.63) is 46.7 Å². The molecule has 0 saturated heterocycles. The second kappa shape index (κ2) is 7.21. The zero-order chi connectivity index (χ0) is 14.4. The number of amides is 1. The van der Waals surface area contributed by atoms with Crippen LogP contribution in [0.5, 0.6) is 0 Å². The highest BCUT2D eigenvalue weighted by molar-refractivity contribution is 9.10. The Bertz CT molecular complexity index is 565. The minimum Gasteiger partial charge on any atom is -0.330 e. The lowest BCUT2D eigenvalue weighted by atomic mass is 10.1. The Balaban J connectivity index is 1.86. The first-order chi connectivity index (χ1) is 9.67. The Morgan fingerprint density at radius 2 is 2.10 bits per heavy atom. The van der Waals surface area contributed by atoms with E-state index in [9.17, 15) is 4.79 Å². The first-order valence-electron chi connectivity index (χ1n) is 6.44. The maximum atomic E-state index is 11.4. The third-order valence-electron chi connectivity index (χ3n) is 2.84. The first-order valence-corrected chi connectivity index (χ1v) is 7.23. The second-order valence-electron chi connectivity index (χ2n) is 4.46. The maximum absolute atomic E-state index is 11.4. The van der Waals surface area contributed by atoms with Gasteiger partial charge >= 0.3 is 0 Å². The quantitative estimate of drug-likeness (QED) is 0.849. The minimum atomic E-state index is -0.0540. The molecule has 6 heteroatoms. The molecule has 5 nitrogen and oxygen atoms in total. The smallest absolute Gasteiger partial charge is 0.225 e. The normalized spacial score (nSPS) is 10.5. The van der Waals surface area contributed by atoms with Crippen LogP contribution in [0, 0.1) is 0 Å². The molecule has 0 aliphatic carbocycles. The van der Waals surface area contributed by atoms with Gasteiger partial charge in [0.2, 0.25) is 5.91 Å². The Morgan fingerprint density at radius 1 is 1.35 bits per heavy atom. The number of hydrogen-bond donors (Lipinski definition) is 2. The van der Waals surface area contributed by atoms with Gasteiger partial charge < -0.3 is 11.1 Å². The summed E-state index contributed by atoms with van der Waals surface area (Å²) in [5, 5.41) is 7.01. The van der Waals surface area contributed by atoms with Gasteiger partial charge in [0.05, 0.1) is 10.7 Å². The molecule has 20 heavy (non-hydrogen) atoms. The van der Waals surface area contributed by atoms with Crippen LogP contribution < -0.4 is 11.1 Å². The van der Waals surface area contributed by atoms with Gasteiger partial charge in [0.15, 0.2) is 0 Å². The van der Waals surface area contributed by atoms with Crippen molar-refractivity contribution >= 4 is 27.5 Å². The molecule has 0 atom stereocenters. The molecule has 2 aromatic rings. The van der Waals surface area contributed by atoms with Crippen LogP contribution in [0.1, 0.15) is 12.0 Å². The molecule has 1 heterocycles. The molecule has 2 rings (SSSR count). The summed E-state index contributed by atoms with van der Waals surface area (Å²) in [6, 6.07) is 7.83. The number of carbonyl (C=O) groups is 1. The van der Waals surface area contributed by atoms with Gasteiger partial charge in [-0.2, -0.15) is 5.10 Å². The number of halogens is 1. The molecule has 106 valence electrons. The molecule has 0 fully saturated rings. The van der Waals surface area contributed by atoms with Gasteiger partial charge in [-0.15, -0.1) is 0 Å². The van der Waals surface area contributed by atoms with Crippen molar-refractivity contribution in [1.82, 2.24) is 9.78 Å². The molecule has 0 bridgehead atoms. The van der Waals surface area contributed by atoms with Gasteiger partial charge in [-0.3, -0.25) is 9.48 Å². The van der Waals surface area contributed by atoms with E-state index in [1.54, 1.807) is 6.20 Å². The molecule has 0 radical (unpaired) electrons. The van der Waals surface area contributed by atoms with Crippen molar-refractivity contribution in [3.8, 4) is 0 Å². The van der Waals surface area contributed by atoms with Gasteiger partial charge in [0.25, 0.3) is 0 Å². The number of aryl methyl sites for hydroxylation is 2.